The summed E-state index contributed by atoms with van der Waals surface area (Å²) in [7, 11) is 1.69. The summed E-state index contributed by atoms with van der Waals surface area (Å²) in [4.78, 5) is 23.6. The third kappa shape index (κ3) is 4.99. The quantitative estimate of drug-likeness (QED) is 0.495. The predicted molar refractivity (Wildman–Crippen MR) is 82.8 cm³/mol. The first-order valence-electron chi connectivity index (χ1n) is 6.16. The first kappa shape index (κ1) is 14.3. The number of nitrogen functional groups attached to an aromatic ring is 1. The molecule has 12 heteroatoms. The Bertz CT molecular complexity index is 591. The zero-order valence-corrected chi connectivity index (χ0v) is 13.1. The maximum Gasteiger partial charge on any atom is 0.228 e. The van der Waals surface area contributed by atoms with Crippen molar-refractivity contribution in [2.24, 2.45) is 0 Å². The van der Waals surface area contributed by atoms with Crippen molar-refractivity contribution in [3.63, 3.8) is 0 Å². The maximum atomic E-state index is 7.00. The number of nitrogens with zero attached hydrogens (tertiary/aromatic N) is 6. The van der Waals surface area contributed by atoms with Gasteiger partial charge in [-0.1, -0.05) is 11.8 Å². The second kappa shape index (κ2) is 7.38. The van der Waals surface area contributed by atoms with Crippen LogP contribution in [0.1, 0.15) is 0 Å². The Morgan fingerprint density at radius 1 is 1.10 bits per heavy atom. The number of halogens is 2. The lowest BCUT2D eigenvalue weighted by molar-refractivity contribution is 0.915. The van der Waals surface area contributed by atoms with Crippen LogP contribution in [0.2, 0.25) is 12.0 Å². The Labute approximate surface area is 136 Å². The van der Waals surface area contributed by atoms with Crippen molar-refractivity contribution in [1.29, 1.82) is 0 Å². The highest BCUT2D eigenvalue weighted by Crippen LogP contribution is 2.15. The van der Waals surface area contributed by atoms with Crippen molar-refractivity contribution >= 4 is 52.8 Å². The van der Waals surface area contributed by atoms with Gasteiger partial charge in [0, 0.05) is 19.3 Å². The zero-order valence-electron chi connectivity index (χ0n) is 11.8. The maximum absolute atomic E-state index is 7.00. The third-order valence-corrected chi connectivity index (χ3v) is 3.22. The van der Waals surface area contributed by atoms with Crippen molar-refractivity contribution in [3.8, 4) is 0 Å². The van der Waals surface area contributed by atoms with E-state index in [4.69, 9.17) is 24.6 Å². The van der Waals surface area contributed by atoms with Gasteiger partial charge in [0.25, 0.3) is 0 Å². The van der Waals surface area contributed by atoms with Crippen molar-refractivity contribution in [3.05, 3.63) is 10.6 Å². The van der Waals surface area contributed by atoms with Gasteiger partial charge in [0.15, 0.2) is 6.57 Å². The van der Waals surface area contributed by atoms with Gasteiger partial charge in [-0.2, -0.15) is 29.9 Å². The Balaban J connectivity index is 1.87. The minimum atomic E-state index is 0.0307. The summed E-state index contributed by atoms with van der Waals surface area (Å²) in [5, 5.41) is 6.34. The smallest absolute Gasteiger partial charge is 0.228 e. The Morgan fingerprint density at radius 2 is 1.86 bits per heavy atom. The first-order chi connectivity index (χ1) is 10.6. The molecule has 0 saturated carbocycles. The number of hydrogen-bond acceptors (Lipinski definition) is 10. The van der Waals surface area contributed by atoms with Crippen molar-refractivity contribution in [2.45, 2.75) is 5.16 Å². The highest BCUT2D eigenvalue weighted by atomic mass is 35.5. The Hall–Kier alpha value is -1.65. The van der Waals surface area contributed by atoms with Crippen LogP contribution in [0.3, 0.4) is 0 Å². The van der Waals surface area contributed by atoms with Crippen molar-refractivity contribution < 1.29 is 1.41 Å². The first-order valence-corrected chi connectivity index (χ1v) is 7.40. The largest absolute Gasteiger partial charge is 0.368 e. The highest BCUT2D eigenvalue weighted by molar-refractivity contribution is 7.99. The predicted octanol–water partition coefficient (Wildman–Crippen LogP) is 1.19. The molecule has 4 N–H and O–H groups in total. The molecule has 0 amide bonds. The number of aromatic nitrogens is 6. The lowest BCUT2D eigenvalue weighted by Gasteiger charge is -2.06. The fourth-order valence-corrected chi connectivity index (χ4v) is 2.30. The Morgan fingerprint density at radius 3 is 2.62 bits per heavy atom. The van der Waals surface area contributed by atoms with Crippen LogP contribution in [-0.2, 0) is 0 Å². The van der Waals surface area contributed by atoms with Crippen LogP contribution in [0.15, 0.2) is 5.16 Å². The van der Waals surface area contributed by atoms with Crippen LogP contribution in [0.25, 0.3) is 0 Å². The van der Waals surface area contributed by atoms with Gasteiger partial charge in [0.05, 0.1) is 0 Å². The number of rotatable bonds is 7. The minimum absolute atomic E-state index is 0.0307. The number of thioether (sulfide) groups is 1. The fraction of sp³-hybridized carbons (Fsp3) is 0.333. The van der Waals surface area contributed by atoms with Gasteiger partial charge < -0.3 is 16.4 Å². The van der Waals surface area contributed by atoms with E-state index in [0.29, 0.717) is 29.4 Å². The number of hydrogen-bond donors (Lipinski definition) is 3. The molecule has 2 heterocycles. The molecule has 2 aromatic rings. The fourth-order valence-electron chi connectivity index (χ4n) is 1.24. The molecule has 0 bridgehead atoms. The Kier molecular flexibility index (Phi) is 5.03. The van der Waals surface area contributed by atoms with E-state index >= 15 is 0 Å². The van der Waals surface area contributed by atoms with Crippen LogP contribution in [-0.4, -0.2) is 49.2 Å². The molecule has 0 unspecified atom stereocenters. The van der Waals surface area contributed by atoms with Crippen LogP contribution in [0, 0.1) is 0 Å². The average molecular weight is 349 g/mol. The average Bonchev–Trinajstić information content (AvgIpc) is 2.50. The third-order valence-electron chi connectivity index (χ3n) is 2.04. The molecule has 0 saturated heterocycles. The molecular formula is C9H11Cl2N9S. The molecule has 0 aliphatic rings. The van der Waals surface area contributed by atoms with E-state index in [1.54, 1.807) is 7.05 Å². The van der Waals surface area contributed by atoms with Crippen molar-refractivity contribution in [2.75, 3.05) is 35.7 Å². The van der Waals surface area contributed by atoms with E-state index in [1.807, 2.05) is 0 Å². The SMILES string of the molecule is [2H]Nc1nc(Cl)nc(SCCNc2nc(Cl)nc(NC)n2)n1. The number of anilines is 3. The number of nitrogens with two attached hydrogens (primary N) is 1. The topological polar surface area (TPSA) is 127 Å². The molecule has 0 radical (unpaired) electrons. The lowest BCUT2D eigenvalue weighted by Crippen LogP contribution is -2.10. The molecule has 21 heavy (non-hydrogen) atoms. The van der Waals surface area contributed by atoms with Gasteiger partial charge in [-0.3, -0.25) is 0 Å². The highest BCUT2D eigenvalue weighted by Gasteiger charge is 2.05. The van der Waals surface area contributed by atoms with Crippen LogP contribution in [0.5, 0.6) is 0 Å². The molecular weight excluding hydrogens is 337 g/mol. The van der Waals surface area contributed by atoms with Crippen LogP contribution < -0.4 is 16.4 Å². The summed E-state index contributed by atoms with van der Waals surface area (Å²) >= 11 is 12.8. The van der Waals surface area contributed by atoms with E-state index in [9.17, 15) is 0 Å². The van der Waals surface area contributed by atoms with E-state index in [-0.39, 0.29) is 16.5 Å². The second-order valence-corrected chi connectivity index (χ2v) is 5.23. The van der Waals surface area contributed by atoms with E-state index in [0.717, 1.165) is 0 Å². The molecule has 9 nitrogen and oxygen atoms in total. The van der Waals surface area contributed by atoms with Gasteiger partial charge in [-0.15, -0.1) is 0 Å². The van der Waals surface area contributed by atoms with Crippen LogP contribution >= 0.6 is 35.0 Å². The summed E-state index contributed by atoms with van der Waals surface area (Å²) < 4.78 is 7.00. The van der Waals surface area contributed by atoms with Gasteiger partial charge >= 0.3 is 0 Å². The molecule has 112 valence electrons. The van der Waals surface area contributed by atoms with E-state index in [1.165, 1.54) is 11.8 Å². The van der Waals surface area contributed by atoms with E-state index < -0.39 is 0 Å². The summed E-state index contributed by atoms with van der Waals surface area (Å²) in [6, 6.07) is 0. The molecule has 0 spiro atoms. The summed E-state index contributed by atoms with van der Waals surface area (Å²) in [5.41, 5.74) is 2.07. The van der Waals surface area contributed by atoms with Gasteiger partial charge in [0.1, 0.15) is 0 Å². The molecule has 0 aromatic carbocycles. The van der Waals surface area contributed by atoms with Gasteiger partial charge in [0.2, 0.25) is 28.4 Å². The number of nitrogens with one attached hydrogen (secondary N) is 2. The van der Waals surface area contributed by atoms with Crippen molar-refractivity contribution in [1.82, 2.24) is 29.9 Å². The lowest BCUT2D eigenvalue weighted by atomic mass is 10.7. The van der Waals surface area contributed by atoms with E-state index in [2.05, 4.69) is 46.3 Å². The monoisotopic (exact) mass is 348 g/mol. The molecule has 2 rings (SSSR count). The summed E-state index contributed by atoms with van der Waals surface area (Å²) in [6.07, 6.45) is 0. The molecule has 2 aromatic heterocycles. The normalized spacial score (nSPS) is 10.9. The second-order valence-electron chi connectivity index (χ2n) is 3.49. The summed E-state index contributed by atoms with van der Waals surface area (Å²) in [5.74, 6) is 1.46. The molecule has 0 aliphatic heterocycles. The standard InChI is InChI=1S/C9H11Cl2N9S/c1-13-7-16-5(11)17-8(20-7)14-2-3-21-9-18-4(10)15-6(12)19-9/h2-3H2,1H3,(H2,12,15,18,19)(H2,13,14,16,17,20)/i/hD. The summed E-state index contributed by atoms with van der Waals surface area (Å²) in [6.45, 7) is 0.543. The molecule has 0 atom stereocenters. The zero-order chi connectivity index (χ0) is 15.9. The molecule has 0 fully saturated rings. The van der Waals surface area contributed by atoms with Gasteiger partial charge in [-0.05, 0) is 23.2 Å². The minimum Gasteiger partial charge on any atom is -0.368 e. The van der Waals surface area contributed by atoms with Gasteiger partial charge in [-0.25, -0.2) is 0 Å². The van der Waals surface area contributed by atoms with Crippen LogP contribution in [0.4, 0.5) is 17.8 Å². The molecule has 0 aliphatic carbocycles.